The van der Waals surface area contributed by atoms with Gasteiger partial charge in [0.15, 0.2) is 17.1 Å². The summed E-state index contributed by atoms with van der Waals surface area (Å²) in [6.07, 6.45) is 1.26. The molecule has 0 aromatic heterocycles. The SMILES string of the molecule is COc1ccc(NCNC=C2C(=O)OC(C)(C)OC2=O)cc1OC. The van der Waals surface area contributed by atoms with Crippen LogP contribution in [0.3, 0.4) is 0 Å². The molecule has 1 heterocycles. The zero-order valence-corrected chi connectivity index (χ0v) is 14.0. The van der Waals surface area contributed by atoms with Crippen LogP contribution in [0.5, 0.6) is 11.5 Å². The minimum Gasteiger partial charge on any atom is -0.493 e. The number of esters is 2. The molecule has 2 N–H and O–H groups in total. The highest BCUT2D eigenvalue weighted by Gasteiger charge is 2.38. The van der Waals surface area contributed by atoms with Gasteiger partial charge in [0.1, 0.15) is 0 Å². The Morgan fingerprint density at radius 3 is 2.29 bits per heavy atom. The summed E-state index contributed by atoms with van der Waals surface area (Å²) >= 11 is 0. The fourth-order valence-corrected chi connectivity index (χ4v) is 2.03. The van der Waals surface area contributed by atoms with Gasteiger partial charge in [-0.1, -0.05) is 0 Å². The van der Waals surface area contributed by atoms with Gasteiger partial charge in [-0.05, 0) is 12.1 Å². The first-order chi connectivity index (χ1) is 11.4. The number of carbonyl (C=O) groups excluding carboxylic acids is 2. The number of anilines is 1. The second kappa shape index (κ2) is 7.12. The van der Waals surface area contributed by atoms with Crippen LogP contribution in [0, 0.1) is 0 Å². The molecule has 1 fully saturated rings. The Balaban J connectivity index is 1.93. The second-order valence-electron chi connectivity index (χ2n) is 5.36. The summed E-state index contributed by atoms with van der Waals surface area (Å²) in [6, 6.07) is 5.33. The van der Waals surface area contributed by atoms with Crippen molar-refractivity contribution in [1.29, 1.82) is 0 Å². The fraction of sp³-hybridized carbons (Fsp3) is 0.375. The molecule has 8 nitrogen and oxygen atoms in total. The maximum absolute atomic E-state index is 11.8. The minimum absolute atomic E-state index is 0.191. The molecule has 130 valence electrons. The van der Waals surface area contributed by atoms with Crippen molar-refractivity contribution in [3.8, 4) is 11.5 Å². The molecular weight excluding hydrogens is 316 g/mol. The summed E-state index contributed by atoms with van der Waals surface area (Å²) in [7, 11) is 3.11. The topological polar surface area (TPSA) is 95.1 Å². The van der Waals surface area contributed by atoms with Gasteiger partial charge in [-0.15, -0.1) is 0 Å². The molecule has 0 bridgehead atoms. The highest BCUT2D eigenvalue weighted by atomic mass is 16.7. The number of benzene rings is 1. The number of cyclic esters (lactones) is 2. The normalized spacial score (nSPS) is 15.9. The van der Waals surface area contributed by atoms with E-state index >= 15 is 0 Å². The minimum atomic E-state index is -1.25. The third kappa shape index (κ3) is 4.09. The molecule has 1 saturated heterocycles. The highest BCUT2D eigenvalue weighted by Crippen LogP contribution is 2.29. The van der Waals surface area contributed by atoms with Crippen LogP contribution in [0.15, 0.2) is 30.0 Å². The standard InChI is InChI=1S/C16H20N2O6/c1-16(2)23-14(19)11(15(20)24-16)8-17-9-18-10-5-6-12(21-3)13(7-10)22-4/h5-8,17-18H,9H2,1-4H3. The summed E-state index contributed by atoms with van der Waals surface area (Å²) in [4.78, 5) is 23.5. The summed E-state index contributed by atoms with van der Waals surface area (Å²) in [5.74, 6) is -1.50. The van der Waals surface area contributed by atoms with Crippen LogP contribution >= 0.6 is 0 Å². The first-order valence-electron chi connectivity index (χ1n) is 7.22. The molecule has 0 spiro atoms. The van der Waals surface area contributed by atoms with Crippen LogP contribution in [0.4, 0.5) is 5.69 Å². The van der Waals surface area contributed by atoms with E-state index in [4.69, 9.17) is 18.9 Å². The van der Waals surface area contributed by atoms with E-state index in [2.05, 4.69) is 10.6 Å². The van der Waals surface area contributed by atoms with E-state index in [1.807, 2.05) is 6.07 Å². The van der Waals surface area contributed by atoms with Gasteiger partial charge in [-0.2, -0.15) is 0 Å². The van der Waals surface area contributed by atoms with Crippen molar-refractivity contribution in [3.05, 3.63) is 30.0 Å². The monoisotopic (exact) mass is 336 g/mol. The Labute approximate surface area is 139 Å². The third-order valence-corrected chi connectivity index (χ3v) is 3.14. The van der Waals surface area contributed by atoms with Crippen LogP contribution in [0.25, 0.3) is 0 Å². The van der Waals surface area contributed by atoms with Crippen LogP contribution in [-0.2, 0) is 19.1 Å². The van der Waals surface area contributed by atoms with E-state index in [1.54, 1.807) is 26.4 Å². The molecule has 0 radical (unpaired) electrons. The van der Waals surface area contributed by atoms with E-state index in [1.165, 1.54) is 20.0 Å². The first-order valence-corrected chi connectivity index (χ1v) is 7.22. The van der Waals surface area contributed by atoms with E-state index in [0.717, 1.165) is 5.69 Å². The lowest BCUT2D eigenvalue weighted by Gasteiger charge is -2.29. The molecular formula is C16H20N2O6. The Bertz CT molecular complexity index is 647. The van der Waals surface area contributed by atoms with Crippen molar-refractivity contribution >= 4 is 17.6 Å². The molecule has 0 atom stereocenters. The smallest absolute Gasteiger partial charge is 0.350 e. The number of carbonyl (C=O) groups is 2. The van der Waals surface area contributed by atoms with Gasteiger partial charge in [0.05, 0.1) is 20.9 Å². The maximum Gasteiger partial charge on any atom is 0.350 e. The molecule has 24 heavy (non-hydrogen) atoms. The summed E-state index contributed by atoms with van der Waals surface area (Å²) in [5, 5.41) is 5.87. The molecule has 0 amide bonds. The van der Waals surface area contributed by atoms with E-state index in [0.29, 0.717) is 11.5 Å². The Kier molecular flexibility index (Phi) is 5.18. The van der Waals surface area contributed by atoms with Crippen molar-refractivity contribution in [1.82, 2.24) is 5.32 Å². The molecule has 2 rings (SSSR count). The largest absolute Gasteiger partial charge is 0.493 e. The molecule has 0 aliphatic carbocycles. The predicted molar refractivity (Wildman–Crippen MR) is 85.5 cm³/mol. The zero-order chi connectivity index (χ0) is 17.7. The van der Waals surface area contributed by atoms with E-state index in [-0.39, 0.29) is 12.2 Å². The lowest BCUT2D eigenvalue weighted by Crippen LogP contribution is -2.42. The lowest BCUT2D eigenvalue weighted by molar-refractivity contribution is -0.222. The van der Waals surface area contributed by atoms with E-state index in [9.17, 15) is 9.59 Å². The quantitative estimate of drug-likeness (QED) is 0.264. The zero-order valence-electron chi connectivity index (χ0n) is 14.0. The van der Waals surface area contributed by atoms with Crippen molar-refractivity contribution in [2.75, 3.05) is 26.2 Å². The number of rotatable bonds is 6. The number of hydrogen-bond donors (Lipinski definition) is 2. The summed E-state index contributed by atoms with van der Waals surface area (Å²) in [6.45, 7) is 3.25. The molecule has 0 saturated carbocycles. The molecule has 1 aromatic carbocycles. The molecule has 1 aromatic rings. The average molecular weight is 336 g/mol. The Hall–Kier alpha value is -2.90. The number of hydrogen-bond acceptors (Lipinski definition) is 8. The average Bonchev–Trinajstić information content (AvgIpc) is 2.52. The van der Waals surface area contributed by atoms with Crippen molar-refractivity contribution < 1.29 is 28.5 Å². The van der Waals surface area contributed by atoms with Crippen LogP contribution in [0.2, 0.25) is 0 Å². The number of nitrogens with one attached hydrogen (secondary N) is 2. The summed E-state index contributed by atoms with van der Waals surface area (Å²) < 4.78 is 20.3. The van der Waals surface area contributed by atoms with Crippen LogP contribution < -0.4 is 20.1 Å². The Morgan fingerprint density at radius 1 is 1.08 bits per heavy atom. The molecule has 1 aliphatic rings. The van der Waals surface area contributed by atoms with Gasteiger partial charge in [-0.3, -0.25) is 0 Å². The molecule has 0 unspecified atom stereocenters. The van der Waals surface area contributed by atoms with Crippen LogP contribution in [-0.4, -0.2) is 38.6 Å². The van der Waals surface area contributed by atoms with Gasteiger partial charge >= 0.3 is 11.9 Å². The van der Waals surface area contributed by atoms with Crippen LogP contribution in [0.1, 0.15) is 13.8 Å². The summed E-state index contributed by atoms with van der Waals surface area (Å²) in [5.41, 5.74) is 0.580. The number of methoxy groups -OCH3 is 2. The van der Waals surface area contributed by atoms with E-state index < -0.39 is 17.7 Å². The van der Waals surface area contributed by atoms with Gasteiger partial charge in [0.2, 0.25) is 0 Å². The molecule has 8 heteroatoms. The number of ether oxygens (including phenoxy) is 4. The van der Waals surface area contributed by atoms with Crippen molar-refractivity contribution in [3.63, 3.8) is 0 Å². The van der Waals surface area contributed by atoms with Gasteiger partial charge in [0, 0.05) is 31.8 Å². The van der Waals surface area contributed by atoms with Crippen molar-refractivity contribution in [2.24, 2.45) is 0 Å². The van der Waals surface area contributed by atoms with Gasteiger partial charge in [0.25, 0.3) is 5.79 Å². The second-order valence-corrected chi connectivity index (χ2v) is 5.36. The molecule has 1 aliphatic heterocycles. The lowest BCUT2D eigenvalue weighted by atomic mass is 10.2. The first kappa shape index (κ1) is 17.5. The Morgan fingerprint density at radius 2 is 1.71 bits per heavy atom. The maximum atomic E-state index is 11.8. The van der Waals surface area contributed by atoms with Gasteiger partial charge in [-0.25, -0.2) is 9.59 Å². The fourth-order valence-electron chi connectivity index (χ4n) is 2.03. The van der Waals surface area contributed by atoms with Crippen molar-refractivity contribution in [2.45, 2.75) is 19.6 Å². The van der Waals surface area contributed by atoms with Gasteiger partial charge < -0.3 is 29.6 Å². The predicted octanol–water partition coefficient (Wildman–Crippen LogP) is 1.38. The third-order valence-electron chi connectivity index (χ3n) is 3.14. The highest BCUT2D eigenvalue weighted by molar-refractivity contribution is 6.15.